The minimum Gasteiger partial charge on any atom is -0.353 e. The number of nitrogens with zero attached hydrogens (tertiary/aromatic N) is 4. The van der Waals surface area contributed by atoms with Crippen LogP contribution in [0.3, 0.4) is 0 Å². The van der Waals surface area contributed by atoms with Crippen LogP contribution >= 0.6 is 11.3 Å². The number of carbonyl (C=O) groups excluding carboxylic acids is 1. The van der Waals surface area contributed by atoms with Gasteiger partial charge in [0.15, 0.2) is 5.13 Å². The van der Waals surface area contributed by atoms with E-state index in [1.165, 1.54) is 35.4 Å². The number of hydrogen-bond acceptors (Lipinski definition) is 4. The molecule has 0 aliphatic carbocycles. The molecule has 0 N–H and O–H groups in total. The minimum absolute atomic E-state index is 0.0157. The van der Waals surface area contributed by atoms with Crippen LogP contribution in [0.1, 0.15) is 49.7 Å². The third kappa shape index (κ3) is 4.14. The number of carbonyl (C=O) groups is 1. The van der Waals surface area contributed by atoms with Crippen molar-refractivity contribution in [3.8, 4) is 0 Å². The number of anilines is 2. The van der Waals surface area contributed by atoms with Crippen LogP contribution in [-0.4, -0.2) is 26.9 Å². The fourth-order valence-corrected chi connectivity index (χ4v) is 5.04. The first-order valence-corrected chi connectivity index (χ1v) is 11.1. The first kappa shape index (κ1) is 19.9. The Balaban J connectivity index is 1.53. The number of aryl methyl sites for hydroxylation is 2. The number of amides is 1. The predicted molar refractivity (Wildman–Crippen MR) is 119 cm³/mol. The summed E-state index contributed by atoms with van der Waals surface area (Å²) in [5.74, 6) is -0.0157. The normalized spacial score (nSPS) is 17.0. The third-order valence-electron chi connectivity index (χ3n) is 5.70. The van der Waals surface area contributed by atoms with E-state index in [0.29, 0.717) is 6.04 Å². The lowest BCUT2D eigenvalue weighted by Crippen LogP contribution is -2.25. The Hall–Kier alpha value is -2.44. The van der Waals surface area contributed by atoms with E-state index in [9.17, 15) is 4.79 Å². The summed E-state index contributed by atoms with van der Waals surface area (Å²) in [6.07, 6.45) is 5.48. The Kier molecular flexibility index (Phi) is 5.83. The van der Waals surface area contributed by atoms with Gasteiger partial charge in [-0.1, -0.05) is 19.1 Å². The molecule has 0 spiro atoms. The maximum Gasteiger partial charge on any atom is 0.230 e. The zero-order valence-electron chi connectivity index (χ0n) is 17.3. The summed E-state index contributed by atoms with van der Waals surface area (Å²) >= 11 is 1.54. The zero-order valence-corrected chi connectivity index (χ0v) is 18.2. The highest BCUT2D eigenvalue weighted by Crippen LogP contribution is 2.35. The molecule has 0 unspecified atom stereocenters. The number of hydrogen-bond donors (Lipinski definition) is 0. The molecule has 1 aromatic carbocycles. The van der Waals surface area contributed by atoms with Gasteiger partial charge in [-0.15, -0.1) is 11.3 Å². The Labute approximate surface area is 176 Å². The van der Waals surface area contributed by atoms with Crippen molar-refractivity contribution >= 4 is 28.1 Å². The average Bonchev–Trinajstić information content (AvgIpc) is 3.44. The van der Waals surface area contributed by atoms with E-state index in [0.717, 1.165) is 36.0 Å². The van der Waals surface area contributed by atoms with Gasteiger partial charge in [0.05, 0.1) is 17.4 Å². The van der Waals surface area contributed by atoms with Crippen molar-refractivity contribution in [3.63, 3.8) is 0 Å². The van der Waals surface area contributed by atoms with Crippen LogP contribution in [0.15, 0.2) is 48.0 Å². The number of benzene rings is 1. The lowest BCUT2D eigenvalue weighted by Gasteiger charge is -2.24. The second-order valence-corrected chi connectivity index (χ2v) is 8.50. The third-order valence-corrected chi connectivity index (χ3v) is 6.58. The van der Waals surface area contributed by atoms with Crippen molar-refractivity contribution in [2.75, 3.05) is 11.4 Å². The van der Waals surface area contributed by atoms with Crippen LogP contribution < -0.4 is 4.90 Å². The van der Waals surface area contributed by atoms with Crippen molar-refractivity contribution < 1.29 is 4.79 Å². The summed E-state index contributed by atoms with van der Waals surface area (Å²) in [4.78, 5) is 21.4. The van der Waals surface area contributed by atoms with Gasteiger partial charge < -0.3 is 4.57 Å². The van der Waals surface area contributed by atoms with E-state index in [2.05, 4.69) is 59.3 Å². The summed E-state index contributed by atoms with van der Waals surface area (Å²) in [5.41, 5.74) is 4.53. The molecular formula is C23H28N4OS. The molecule has 6 heteroatoms. The molecule has 29 heavy (non-hydrogen) atoms. The monoisotopic (exact) mass is 408 g/mol. The topological polar surface area (TPSA) is 41.4 Å². The van der Waals surface area contributed by atoms with E-state index < -0.39 is 0 Å². The van der Waals surface area contributed by atoms with E-state index in [-0.39, 0.29) is 5.91 Å². The molecule has 1 aliphatic heterocycles. The van der Waals surface area contributed by atoms with Gasteiger partial charge in [0.1, 0.15) is 0 Å². The summed E-state index contributed by atoms with van der Waals surface area (Å²) in [7, 11) is 2.11. The summed E-state index contributed by atoms with van der Waals surface area (Å²) in [5, 5.41) is 2.83. The van der Waals surface area contributed by atoms with E-state index in [1.807, 2.05) is 12.1 Å². The van der Waals surface area contributed by atoms with Crippen molar-refractivity contribution in [3.05, 3.63) is 64.9 Å². The fourth-order valence-electron chi connectivity index (χ4n) is 4.16. The lowest BCUT2D eigenvalue weighted by atomic mass is 10.1. The standard InChI is InChI=1S/C23H28N4OS/c1-4-18-9-11-20(12-10-18)27(17(2)28)23-24-19(16-29-23)15-26-14-6-8-22(26)21-7-5-13-25(21)3/h5,7,9-13,16,22H,4,6,8,14-15H2,1-3H3/t22-/m0/s1. The van der Waals surface area contributed by atoms with Crippen LogP contribution in [0.4, 0.5) is 10.8 Å². The Morgan fingerprint density at radius 3 is 2.72 bits per heavy atom. The minimum atomic E-state index is -0.0157. The first-order valence-electron chi connectivity index (χ1n) is 10.3. The van der Waals surface area contributed by atoms with Crippen molar-refractivity contribution in [1.82, 2.24) is 14.5 Å². The van der Waals surface area contributed by atoms with Crippen molar-refractivity contribution in [1.29, 1.82) is 0 Å². The molecule has 2 aromatic heterocycles. The van der Waals surface area contributed by atoms with Crippen molar-refractivity contribution in [2.24, 2.45) is 7.05 Å². The number of rotatable bonds is 6. The first-order chi connectivity index (χ1) is 14.1. The molecular weight excluding hydrogens is 380 g/mol. The molecule has 152 valence electrons. The highest BCUT2D eigenvalue weighted by atomic mass is 32.1. The molecule has 5 nitrogen and oxygen atoms in total. The predicted octanol–water partition coefficient (Wildman–Crippen LogP) is 5.07. The number of thiazole rings is 1. The van der Waals surface area contributed by atoms with Gasteiger partial charge in [-0.2, -0.15) is 0 Å². The van der Waals surface area contributed by atoms with Gasteiger partial charge >= 0.3 is 0 Å². The Bertz CT molecular complexity index is 975. The molecule has 1 amide bonds. The molecule has 0 radical (unpaired) electrons. The van der Waals surface area contributed by atoms with Crippen LogP contribution in [0, 0.1) is 0 Å². The molecule has 3 heterocycles. The summed E-state index contributed by atoms with van der Waals surface area (Å²) < 4.78 is 2.22. The lowest BCUT2D eigenvalue weighted by molar-refractivity contribution is -0.115. The van der Waals surface area contributed by atoms with Gasteiger partial charge in [-0.05, 0) is 55.6 Å². The molecule has 1 atom stereocenters. The Morgan fingerprint density at radius 2 is 2.07 bits per heavy atom. The summed E-state index contributed by atoms with van der Waals surface area (Å²) in [6, 6.07) is 12.9. The second kappa shape index (κ2) is 8.51. The quantitative estimate of drug-likeness (QED) is 0.572. The van der Waals surface area contributed by atoms with Gasteiger partial charge in [0.25, 0.3) is 0 Å². The maximum absolute atomic E-state index is 12.4. The van der Waals surface area contributed by atoms with Gasteiger partial charge in [0, 0.05) is 37.8 Å². The molecule has 1 saturated heterocycles. The largest absolute Gasteiger partial charge is 0.353 e. The molecule has 1 aliphatic rings. The molecule has 1 fully saturated rings. The summed E-state index contributed by atoms with van der Waals surface area (Å²) in [6.45, 7) is 5.62. The van der Waals surface area contributed by atoms with Crippen molar-refractivity contribution in [2.45, 2.75) is 45.7 Å². The molecule has 0 saturated carbocycles. The van der Waals surface area contributed by atoms with Gasteiger partial charge in [-0.3, -0.25) is 14.6 Å². The van der Waals surface area contributed by atoms with Crippen LogP contribution in [0.2, 0.25) is 0 Å². The van der Waals surface area contributed by atoms with Crippen LogP contribution in [0.25, 0.3) is 0 Å². The average molecular weight is 409 g/mol. The number of aromatic nitrogens is 2. The molecule has 3 aromatic rings. The SMILES string of the molecule is CCc1ccc(N(C(C)=O)c2nc(CN3CCC[C@H]3c3cccn3C)cs2)cc1. The highest BCUT2D eigenvalue weighted by Gasteiger charge is 2.28. The van der Waals surface area contributed by atoms with Gasteiger partial charge in [-0.25, -0.2) is 4.98 Å². The number of likely N-dealkylation sites (tertiary alicyclic amines) is 1. The zero-order chi connectivity index (χ0) is 20.4. The fraction of sp³-hybridized carbons (Fsp3) is 0.391. The van der Waals surface area contributed by atoms with Crippen LogP contribution in [-0.2, 0) is 24.8 Å². The Morgan fingerprint density at radius 1 is 1.28 bits per heavy atom. The smallest absolute Gasteiger partial charge is 0.230 e. The molecule has 0 bridgehead atoms. The van der Waals surface area contributed by atoms with Crippen LogP contribution in [0.5, 0.6) is 0 Å². The second-order valence-electron chi connectivity index (χ2n) is 7.67. The highest BCUT2D eigenvalue weighted by molar-refractivity contribution is 7.14. The van der Waals surface area contributed by atoms with E-state index in [1.54, 1.807) is 11.8 Å². The van der Waals surface area contributed by atoms with E-state index in [4.69, 9.17) is 4.98 Å². The van der Waals surface area contributed by atoms with Gasteiger partial charge in [0.2, 0.25) is 5.91 Å². The maximum atomic E-state index is 12.4. The van der Waals surface area contributed by atoms with E-state index >= 15 is 0 Å². The molecule has 4 rings (SSSR count).